The predicted octanol–water partition coefficient (Wildman–Crippen LogP) is 7.14. The molecule has 9 heteroatoms. The molecule has 0 aliphatic carbocycles. The molecule has 6 nitrogen and oxygen atoms in total. The topological polar surface area (TPSA) is 84.2 Å². The molecule has 206 valence electrons. The fourth-order valence-corrected chi connectivity index (χ4v) is 4.28. The number of aromatic nitrogens is 1. The molecule has 2 amide bonds. The molecule has 0 aliphatic rings. The summed E-state index contributed by atoms with van der Waals surface area (Å²) in [5.74, 6) is -0.549. The summed E-state index contributed by atoms with van der Waals surface area (Å²) in [6, 6.07) is 30.0. The van der Waals surface area contributed by atoms with Crippen LogP contribution in [0.25, 0.3) is 22.8 Å². The Morgan fingerprint density at radius 1 is 0.756 bits per heavy atom. The molecule has 0 radical (unpaired) electrons. The highest BCUT2D eigenvalue weighted by molar-refractivity contribution is 5.98. The van der Waals surface area contributed by atoms with Gasteiger partial charge in [0.1, 0.15) is 0 Å². The van der Waals surface area contributed by atoms with Crippen molar-refractivity contribution in [2.45, 2.75) is 19.1 Å². The number of amides is 2. The summed E-state index contributed by atoms with van der Waals surface area (Å²) in [7, 11) is 0. The molecule has 41 heavy (non-hydrogen) atoms. The molecular weight excluding hydrogens is 531 g/mol. The van der Waals surface area contributed by atoms with Crippen LogP contribution in [0.2, 0.25) is 0 Å². The highest BCUT2D eigenvalue weighted by Crippen LogP contribution is 2.33. The Balaban J connectivity index is 1.38. The second kappa shape index (κ2) is 11.9. The van der Waals surface area contributed by atoms with Crippen molar-refractivity contribution in [3.63, 3.8) is 0 Å². The molecule has 2 N–H and O–H groups in total. The molecule has 0 atom stereocenters. The van der Waals surface area contributed by atoms with Crippen LogP contribution in [0, 0.1) is 0 Å². The van der Waals surface area contributed by atoms with Gasteiger partial charge in [0, 0.05) is 23.4 Å². The lowest BCUT2D eigenvalue weighted by Crippen LogP contribution is -2.25. The van der Waals surface area contributed by atoms with Gasteiger partial charge in [0.05, 0.1) is 12.0 Å². The van der Waals surface area contributed by atoms with Gasteiger partial charge in [-0.2, -0.15) is 13.2 Å². The van der Waals surface area contributed by atoms with Crippen LogP contribution in [0.1, 0.15) is 27.2 Å². The van der Waals surface area contributed by atoms with E-state index in [1.165, 1.54) is 18.2 Å². The summed E-state index contributed by atoms with van der Waals surface area (Å²) in [5.41, 5.74) is 1.58. The van der Waals surface area contributed by atoms with Crippen molar-refractivity contribution in [1.29, 1.82) is 0 Å². The Hall–Kier alpha value is -5.18. The second-order valence-electron chi connectivity index (χ2n) is 9.19. The van der Waals surface area contributed by atoms with Crippen LogP contribution < -0.4 is 10.6 Å². The van der Waals surface area contributed by atoms with E-state index in [1.807, 2.05) is 36.4 Å². The molecule has 1 heterocycles. The summed E-state index contributed by atoms with van der Waals surface area (Å²) in [4.78, 5) is 30.1. The van der Waals surface area contributed by atoms with E-state index in [9.17, 15) is 22.8 Å². The zero-order chi connectivity index (χ0) is 28.8. The standard InChI is InChI=1S/C32H24F3N3O3/c33-32(34,35)26-14-8-7-13-24(26)20-36-30(40)28-29(41-31(38-28)23-11-5-2-6-12-23)22-15-17-25(18-16-22)37-27(39)19-21-9-3-1-4-10-21/h1-18H,19-20H2,(H,36,40)(H,37,39). The van der Waals surface area contributed by atoms with Gasteiger partial charge in [0.15, 0.2) is 11.5 Å². The summed E-state index contributed by atoms with van der Waals surface area (Å²) >= 11 is 0. The number of nitrogens with zero attached hydrogens (tertiary/aromatic N) is 1. The summed E-state index contributed by atoms with van der Waals surface area (Å²) in [6.07, 6.45) is -4.34. The maximum atomic E-state index is 13.4. The maximum absolute atomic E-state index is 13.4. The molecule has 5 rings (SSSR count). The van der Waals surface area contributed by atoms with Crippen LogP contribution in [0.15, 0.2) is 114 Å². The van der Waals surface area contributed by atoms with Crippen molar-refractivity contribution in [3.8, 4) is 22.8 Å². The van der Waals surface area contributed by atoms with Crippen LogP contribution in [0.5, 0.6) is 0 Å². The van der Waals surface area contributed by atoms with Crippen molar-refractivity contribution in [1.82, 2.24) is 10.3 Å². The lowest BCUT2D eigenvalue weighted by Gasteiger charge is -2.13. The average Bonchev–Trinajstić information content (AvgIpc) is 3.43. The summed E-state index contributed by atoms with van der Waals surface area (Å²) in [5, 5.41) is 5.38. The number of benzene rings is 4. The molecule has 0 saturated carbocycles. The SMILES string of the molecule is O=C(Cc1ccccc1)Nc1ccc(-c2oc(-c3ccccc3)nc2C(=O)NCc2ccccc2C(F)(F)F)cc1. The van der Waals surface area contributed by atoms with E-state index >= 15 is 0 Å². The lowest BCUT2D eigenvalue weighted by atomic mass is 10.1. The minimum Gasteiger partial charge on any atom is -0.435 e. The van der Waals surface area contributed by atoms with Crippen molar-refractivity contribution >= 4 is 17.5 Å². The number of carbonyl (C=O) groups excluding carboxylic acids is 2. The fraction of sp³-hybridized carbons (Fsp3) is 0.0938. The Morgan fingerprint density at radius 3 is 2.07 bits per heavy atom. The van der Waals surface area contributed by atoms with E-state index in [1.54, 1.807) is 48.5 Å². The van der Waals surface area contributed by atoms with Gasteiger partial charge in [-0.05, 0) is 53.6 Å². The number of rotatable bonds is 8. The van der Waals surface area contributed by atoms with Crippen molar-refractivity contribution in [2.24, 2.45) is 0 Å². The smallest absolute Gasteiger partial charge is 0.416 e. The van der Waals surface area contributed by atoms with E-state index in [4.69, 9.17) is 4.42 Å². The Bertz CT molecular complexity index is 1650. The third-order valence-electron chi connectivity index (χ3n) is 6.26. The summed E-state index contributed by atoms with van der Waals surface area (Å²) in [6.45, 7) is -0.353. The second-order valence-corrected chi connectivity index (χ2v) is 9.19. The van der Waals surface area contributed by atoms with Gasteiger partial charge in [0.2, 0.25) is 11.8 Å². The zero-order valence-corrected chi connectivity index (χ0v) is 21.6. The average molecular weight is 556 g/mol. The molecule has 0 bridgehead atoms. The number of alkyl halides is 3. The monoisotopic (exact) mass is 555 g/mol. The van der Waals surface area contributed by atoms with E-state index < -0.39 is 17.6 Å². The van der Waals surface area contributed by atoms with Gasteiger partial charge in [-0.15, -0.1) is 0 Å². The first kappa shape index (κ1) is 27.4. The number of nitrogens with one attached hydrogen (secondary N) is 2. The minimum atomic E-state index is -4.56. The van der Waals surface area contributed by atoms with Gasteiger partial charge in [-0.25, -0.2) is 4.98 Å². The molecule has 0 fully saturated rings. The van der Waals surface area contributed by atoms with Gasteiger partial charge in [-0.1, -0.05) is 66.7 Å². The molecule has 5 aromatic rings. The van der Waals surface area contributed by atoms with Gasteiger partial charge < -0.3 is 15.1 Å². The van der Waals surface area contributed by atoms with Crippen LogP contribution in [0.4, 0.5) is 18.9 Å². The van der Waals surface area contributed by atoms with Crippen LogP contribution in [-0.2, 0) is 23.9 Å². The molecule has 0 spiro atoms. The molecule has 4 aromatic carbocycles. The molecule has 0 saturated heterocycles. The minimum absolute atomic E-state index is 0.0720. The van der Waals surface area contributed by atoms with Crippen molar-refractivity contribution in [2.75, 3.05) is 5.32 Å². The predicted molar refractivity (Wildman–Crippen MR) is 149 cm³/mol. The van der Waals surface area contributed by atoms with Crippen LogP contribution in [-0.4, -0.2) is 16.8 Å². The Morgan fingerprint density at radius 2 is 1.39 bits per heavy atom. The number of oxazole rings is 1. The number of halogens is 3. The third kappa shape index (κ3) is 6.70. The van der Waals surface area contributed by atoms with Gasteiger partial charge in [0.25, 0.3) is 5.91 Å². The van der Waals surface area contributed by atoms with E-state index in [-0.39, 0.29) is 41.8 Å². The number of hydrogen-bond donors (Lipinski definition) is 2. The van der Waals surface area contributed by atoms with Gasteiger partial charge in [-0.3, -0.25) is 9.59 Å². The fourth-order valence-electron chi connectivity index (χ4n) is 4.28. The van der Waals surface area contributed by atoms with Crippen molar-refractivity contribution < 1.29 is 27.2 Å². The van der Waals surface area contributed by atoms with Crippen LogP contribution >= 0.6 is 0 Å². The van der Waals surface area contributed by atoms with Gasteiger partial charge >= 0.3 is 6.18 Å². The Labute approximate surface area is 233 Å². The summed E-state index contributed by atoms with van der Waals surface area (Å²) < 4.78 is 46.3. The quantitative estimate of drug-likeness (QED) is 0.213. The van der Waals surface area contributed by atoms with E-state index in [0.29, 0.717) is 16.8 Å². The first-order valence-corrected chi connectivity index (χ1v) is 12.7. The van der Waals surface area contributed by atoms with E-state index in [2.05, 4.69) is 15.6 Å². The number of anilines is 1. The van der Waals surface area contributed by atoms with Crippen molar-refractivity contribution in [3.05, 3.63) is 132 Å². The molecule has 0 unspecified atom stereocenters. The molecular formula is C32H24F3N3O3. The first-order valence-electron chi connectivity index (χ1n) is 12.7. The normalized spacial score (nSPS) is 11.2. The van der Waals surface area contributed by atoms with E-state index in [0.717, 1.165) is 11.6 Å². The maximum Gasteiger partial charge on any atom is 0.416 e. The number of carbonyl (C=O) groups is 2. The zero-order valence-electron chi connectivity index (χ0n) is 21.6. The third-order valence-corrected chi connectivity index (χ3v) is 6.26. The largest absolute Gasteiger partial charge is 0.435 e. The number of hydrogen-bond acceptors (Lipinski definition) is 4. The first-order chi connectivity index (χ1) is 19.8. The Kier molecular flexibility index (Phi) is 7.96. The molecule has 0 aliphatic heterocycles. The molecule has 1 aromatic heterocycles. The lowest BCUT2D eigenvalue weighted by molar-refractivity contribution is -0.138. The highest BCUT2D eigenvalue weighted by atomic mass is 19.4. The highest BCUT2D eigenvalue weighted by Gasteiger charge is 2.33. The van der Waals surface area contributed by atoms with Crippen LogP contribution in [0.3, 0.4) is 0 Å².